The molecule has 0 saturated heterocycles. The van der Waals surface area contributed by atoms with Crippen molar-refractivity contribution in [1.82, 2.24) is 5.32 Å². The van der Waals surface area contributed by atoms with Gasteiger partial charge in [-0.05, 0) is 56.0 Å². The maximum absolute atomic E-state index is 3.64. The fourth-order valence-electron chi connectivity index (χ4n) is 2.65. The second-order valence-electron chi connectivity index (χ2n) is 5.65. The first kappa shape index (κ1) is 15.1. The van der Waals surface area contributed by atoms with Gasteiger partial charge in [0.25, 0.3) is 0 Å². The van der Waals surface area contributed by atoms with E-state index in [0.717, 1.165) is 11.0 Å². The van der Waals surface area contributed by atoms with Gasteiger partial charge in [0.15, 0.2) is 0 Å². The Morgan fingerprint density at radius 1 is 1.38 bits per heavy atom. The Labute approximate surface area is 139 Å². The van der Waals surface area contributed by atoms with Crippen molar-refractivity contribution < 1.29 is 0 Å². The molecule has 1 aliphatic rings. The van der Waals surface area contributed by atoms with Gasteiger partial charge in [-0.25, -0.2) is 0 Å². The van der Waals surface area contributed by atoms with Gasteiger partial charge in [-0.3, -0.25) is 0 Å². The maximum atomic E-state index is 3.64. The summed E-state index contributed by atoms with van der Waals surface area (Å²) in [5.41, 5.74) is 2.74. The molecular weight excluding hydrogens is 344 g/mol. The van der Waals surface area contributed by atoms with E-state index in [0.29, 0.717) is 12.1 Å². The zero-order valence-electron chi connectivity index (χ0n) is 12.5. The van der Waals surface area contributed by atoms with Gasteiger partial charge >= 0.3 is 0 Å². The van der Waals surface area contributed by atoms with Crippen molar-refractivity contribution in [3.63, 3.8) is 0 Å². The summed E-state index contributed by atoms with van der Waals surface area (Å²) < 4.78 is 1.15. The Hall–Kier alpha value is -0.840. The van der Waals surface area contributed by atoms with Crippen LogP contribution in [-0.2, 0) is 6.54 Å². The summed E-state index contributed by atoms with van der Waals surface area (Å²) in [6.45, 7) is 3.24. The number of halogens is 1. The zero-order valence-corrected chi connectivity index (χ0v) is 14.9. The average molecular weight is 365 g/mol. The highest BCUT2D eigenvalue weighted by molar-refractivity contribution is 9.10. The third-order valence-electron chi connectivity index (χ3n) is 4.10. The van der Waals surface area contributed by atoms with Gasteiger partial charge in [-0.1, -0.05) is 28.1 Å². The number of hydrogen-bond acceptors (Lipinski definition) is 3. The van der Waals surface area contributed by atoms with Crippen molar-refractivity contribution in [2.75, 3.05) is 11.9 Å². The highest BCUT2D eigenvalue weighted by atomic mass is 79.9. The summed E-state index contributed by atoms with van der Waals surface area (Å²) in [5, 5.41) is 5.54. The van der Waals surface area contributed by atoms with Gasteiger partial charge in [0.05, 0.1) is 6.54 Å². The minimum absolute atomic E-state index is 0.359. The third-order valence-corrected chi connectivity index (χ3v) is 5.45. The Morgan fingerprint density at radius 2 is 2.19 bits per heavy atom. The van der Waals surface area contributed by atoms with E-state index in [-0.39, 0.29) is 0 Å². The van der Waals surface area contributed by atoms with E-state index in [4.69, 9.17) is 0 Å². The molecule has 0 aliphatic heterocycles. The fraction of sp³-hybridized carbons (Fsp3) is 0.412. The topological polar surface area (TPSA) is 15.3 Å². The quantitative estimate of drug-likeness (QED) is 0.778. The van der Waals surface area contributed by atoms with Crippen LogP contribution < -0.4 is 10.2 Å². The number of rotatable bonds is 6. The molecule has 4 heteroatoms. The molecule has 21 heavy (non-hydrogen) atoms. The Morgan fingerprint density at radius 3 is 2.81 bits per heavy atom. The third kappa shape index (κ3) is 3.50. The van der Waals surface area contributed by atoms with Gasteiger partial charge < -0.3 is 10.2 Å². The summed E-state index contributed by atoms with van der Waals surface area (Å²) in [6.07, 6.45) is 2.62. The second-order valence-corrected chi connectivity index (χ2v) is 7.60. The SMILES string of the molecule is CNC(C)c1ccc(Br)cc1N(Cc1cccs1)C1CC1. The fourth-order valence-corrected chi connectivity index (χ4v) is 3.71. The van der Waals surface area contributed by atoms with Crippen LogP contribution in [0.5, 0.6) is 0 Å². The normalized spacial score (nSPS) is 16.0. The van der Waals surface area contributed by atoms with E-state index in [1.54, 1.807) is 0 Å². The van der Waals surface area contributed by atoms with Crippen molar-refractivity contribution in [1.29, 1.82) is 0 Å². The molecule has 112 valence electrons. The molecule has 1 heterocycles. The zero-order chi connectivity index (χ0) is 14.8. The van der Waals surface area contributed by atoms with Gasteiger partial charge in [0.1, 0.15) is 0 Å². The average Bonchev–Trinajstić information content (AvgIpc) is 3.20. The largest absolute Gasteiger partial charge is 0.363 e. The van der Waals surface area contributed by atoms with E-state index >= 15 is 0 Å². The van der Waals surface area contributed by atoms with Crippen LogP contribution in [0.4, 0.5) is 5.69 Å². The van der Waals surface area contributed by atoms with Crippen LogP contribution in [0.1, 0.15) is 36.2 Å². The lowest BCUT2D eigenvalue weighted by atomic mass is 10.0. The predicted molar refractivity (Wildman–Crippen MR) is 95.1 cm³/mol. The second kappa shape index (κ2) is 6.51. The van der Waals surface area contributed by atoms with E-state index in [1.807, 2.05) is 18.4 Å². The van der Waals surface area contributed by atoms with E-state index in [2.05, 4.69) is 68.8 Å². The molecule has 0 amide bonds. The smallest absolute Gasteiger partial charge is 0.0526 e. The number of thiophene rings is 1. The van der Waals surface area contributed by atoms with Crippen molar-refractivity contribution in [2.24, 2.45) is 0 Å². The van der Waals surface area contributed by atoms with Crippen LogP contribution >= 0.6 is 27.3 Å². The molecule has 2 nitrogen and oxygen atoms in total. The first-order chi connectivity index (χ1) is 10.2. The van der Waals surface area contributed by atoms with Crippen molar-refractivity contribution in [3.05, 3.63) is 50.6 Å². The van der Waals surface area contributed by atoms with Crippen LogP contribution in [0.25, 0.3) is 0 Å². The molecule has 3 rings (SSSR count). The van der Waals surface area contributed by atoms with E-state index in [9.17, 15) is 0 Å². The van der Waals surface area contributed by atoms with Crippen LogP contribution in [0.2, 0.25) is 0 Å². The molecule has 1 aromatic carbocycles. The molecule has 0 spiro atoms. The lowest BCUT2D eigenvalue weighted by Gasteiger charge is -2.29. The van der Waals surface area contributed by atoms with Crippen molar-refractivity contribution in [3.8, 4) is 0 Å². The molecule has 1 N–H and O–H groups in total. The number of anilines is 1. The number of nitrogens with one attached hydrogen (secondary N) is 1. The summed E-state index contributed by atoms with van der Waals surface area (Å²) >= 11 is 5.48. The Balaban J connectivity index is 1.96. The molecule has 1 aliphatic carbocycles. The minimum Gasteiger partial charge on any atom is -0.363 e. The molecule has 0 radical (unpaired) electrons. The standard InChI is InChI=1S/C17H21BrN2S/c1-12(19-2)16-8-5-13(18)10-17(16)20(14-6-7-14)11-15-4-3-9-21-15/h3-5,8-10,12,14,19H,6-7,11H2,1-2H3. The molecule has 2 aromatic rings. The van der Waals surface area contributed by atoms with Crippen LogP contribution in [-0.4, -0.2) is 13.1 Å². The predicted octanol–water partition coefficient (Wildman–Crippen LogP) is 4.96. The Bertz CT molecular complexity index is 593. The number of nitrogens with zero attached hydrogens (tertiary/aromatic N) is 1. The molecule has 1 fully saturated rings. The molecular formula is C17H21BrN2S. The van der Waals surface area contributed by atoms with E-state index < -0.39 is 0 Å². The lowest BCUT2D eigenvalue weighted by Crippen LogP contribution is -2.27. The van der Waals surface area contributed by atoms with Crippen molar-refractivity contribution in [2.45, 2.75) is 38.4 Å². The van der Waals surface area contributed by atoms with Crippen molar-refractivity contribution >= 4 is 33.0 Å². The first-order valence-corrected chi connectivity index (χ1v) is 9.12. The monoisotopic (exact) mass is 364 g/mol. The summed E-state index contributed by atoms with van der Waals surface area (Å²) in [4.78, 5) is 4.02. The van der Waals surface area contributed by atoms with E-state index in [1.165, 1.54) is 29.0 Å². The number of hydrogen-bond donors (Lipinski definition) is 1. The molecule has 1 saturated carbocycles. The molecule has 1 aromatic heterocycles. The van der Waals surface area contributed by atoms with Gasteiger partial charge in [-0.2, -0.15) is 0 Å². The Kier molecular flexibility index (Phi) is 4.67. The van der Waals surface area contributed by atoms with Gasteiger partial charge in [-0.15, -0.1) is 11.3 Å². The molecule has 1 atom stereocenters. The van der Waals surface area contributed by atoms with Gasteiger partial charge in [0, 0.05) is 27.1 Å². The highest BCUT2D eigenvalue weighted by Crippen LogP contribution is 2.38. The lowest BCUT2D eigenvalue weighted by molar-refractivity contribution is 0.645. The van der Waals surface area contributed by atoms with Gasteiger partial charge in [0.2, 0.25) is 0 Å². The number of benzene rings is 1. The molecule has 0 bridgehead atoms. The first-order valence-electron chi connectivity index (χ1n) is 7.44. The summed E-state index contributed by atoms with van der Waals surface area (Å²) in [5.74, 6) is 0. The summed E-state index contributed by atoms with van der Waals surface area (Å²) in [7, 11) is 2.03. The van der Waals surface area contributed by atoms with Crippen LogP contribution in [0.3, 0.4) is 0 Å². The summed E-state index contributed by atoms with van der Waals surface area (Å²) in [6, 6.07) is 12.1. The highest BCUT2D eigenvalue weighted by Gasteiger charge is 2.31. The molecule has 1 unspecified atom stereocenters. The maximum Gasteiger partial charge on any atom is 0.0526 e. The van der Waals surface area contributed by atoms with Crippen LogP contribution in [0, 0.1) is 0 Å². The minimum atomic E-state index is 0.359. The van der Waals surface area contributed by atoms with Crippen LogP contribution in [0.15, 0.2) is 40.2 Å².